The van der Waals surface area contributed by atoms with Crippen molar-refractivity contribution in [3.8, 4) is 5.75 Å². The molecule has 0 unspecified atom stereocenters. The van der Waals surface area contributed by atoms with Crippen LogP contribution in [-0.2, 0) is 0 Å². The highest BCUT2D eigenvalue weighted by molar-refractivity contribution is 6.32. The first-order valence-electron chi connectivity index (χ1n) is 3.26. The minimum Gasteiger partial charge on any atom is -0.506 e. The second kappa shape index (κ2) is 3.59. The third-order valence-corrected chi connectivity index (χ3v) is 1.80. The van der Waals surface area contributed by atoms with Crippen LogP contribution in [0.2, 0.25) is 5.02 Å². The normalized spacial score (nSPS) is 9.77. The molecule has 0 saturated carbocycles. The molecule has 13 heavy (non-hydrogen) atoms. The van der Waals surface area contributed by atoms with Crippen LogP contribution in [0.3, 0.4) is 0 Å². The van der Waals surface area contributed by atoms with Crippen LogP contribution < -0.4 is 11.3 Å². The Labute approximate surface area is 78.1 Å². The maximum atomic E-state index is 13.1. The van der Waals surface area contributed by atoms with Crippen molar-refractivity contribution in [3.05, 3.63) is 28.5 Å². The van der Waals surface area contributed by atoms with Gasteiger partial charge in [0.25, 0.3) is 5.91 Å². The smallest absolute Gasteiger partial charge is 0.268 e. The van der Waals surface area contributed by atoms with Gasteiger partial charge in [-0.3, -0.25) is 10.2 Å². The van der Waals surface area contributed by atoms with Crippen molar-refractivity contribution in [2.24, 2.45) is 5.84 Å². The van der Waals surface area contributed by atoms with E-state index in [0.29, 0.717) is 0 Å². The van der Waals surface area contributed by atoms with Crippen molar-refractivity contribution >= 4 is 17.5 Å². The van der Waals surface area contributed by atoms with Gasteiger partial charge in [-0.25, -0.2) is 10.2 Å². The Hall–Kier alpha value is -1.33. The molecular weight excluding hydrogens is 199 g/mol. The summed E-state index contributed by atoms with van der Waals surface area (Å²) in [7, 11) is 0. The molecule has 6 heteroatoms. The second-order valence-electron chi connectivity index (χ2n) is 2.23. The zero-order valence-electron chi connectivity index (χ0n) is 6.34. The van der Waals surface area contributed by atoms with Crippen LogP contribution >= 0.6 is 11.6 Å². The van der Waals surface area contributed by atoms with E-state index in [0.717, 1.165) is 12.1 Å². The Morgan fingerprint density at radius 2 is 2.23 bits per heavy atom. The summed E-state index contributed by atoms with van der Waals surface area (Å²) >= 11 is 5.34. The quantitative estimate of drug-likeness (QED) is 0.360. The molecule has 0 saturated heterocycles. The van der Waals surface area contributed by atoms with Gasteiger partial charge < -0.3 is 5.11 Å². The number of benzene rings is 1. The summed E-state index contributed by atoms with van der Waals surface area (Å²) in [5.74, 6) is 2.56. The van der Waals surface area contributed by atoms with Gasteiger partial charge in [-0.1, -0.05) is 11.6 Å². The lowest BCUT2D eigenvalue weighted by atomic mass is 10.2. The SMILES string of the molecule is NNC(=O)c1ccc(O)c(Cl)c1F. The molecular formula is C7H6ClFN2O2. The summed E-state index contributed by atoms with van der Waals surface area (Å²) in [6, 6.07) is 2.19. The van der Waals surface area contributed by atoms with Crippen LogP contribution in [0.15, 0.2) is 12.1 Å². The topological polar surface area (TPSA) is 75.3 Å². The molecule has 0 aliphatic carbocycles. The molecule has 0 aromatic heterocycles. The maximum absolute atomic E-state index is 13.1. The Kier molecular flexibility index (Phi) is 2.69. The summed E-state index contributed by atoms with van der Waals surface area (Å²) in [5, 5.41) is 8.45. The lowest BCUT2D eigenvalue weighted by molar-refractivity contribution is 0.0949. The van der Waals surface area contributed by atoms with E-state index >= 15 is 0 Å². The predicted molar refractivity (Wildman–Crippen MR) is 44.7 cm³/mol. The molecule has 0 bridgehead atoms. The van der Waals surface area contributed by atoms with Crippen molar-refractivity contribution in [2.45, 2.75) is 0 Å². The highest BCUT2D eigenvalue weighted by atomic mass is 35.5. The van der Waals surface area contributed by atoms with E-state index in [1.807, 2.05) is 0 Å². The average Bonchev–Trinajstić information content (AvgIpc) is 2.13. The monoisotopic (exact) mass is 204 g/mol. The van der Waals surface area contributed by atoms with Gasteiger partial charge in [-0.15, -0.1) is 0 Å². The Bertz CT molecular complexity index is 357. The molecule has 0 spiro atoms. The summed E-state index contributed by atoms with van der Waals surface area (Å²) in [4.78, 5) is 10.9. The number of rotatable bonds is 1. The van der Waals surface area contributed by atoms with Crippen LogP contribution in [-0.4, -0.2) is 11.0 Å². The third kappa shape index (κ3) is 1.71. The highest BCUT2D eigenvalue weighted by Crippen LogP contribution is 2.27. The van der Waals surface area contributed by atoms with Gasteiger partial charge >= 0.3 is 0 Å². The number of aromatic hydroxyl groups is 1. The number of amides is 1. The van der Waals surface area contributed by atoms with E-state index in [-0.39, 0.29) is 5.56 Å². The maximum Gasteiger partial charge on any atom is 0.268 e. The molecule has 0 radical (unpaired) electrons. The minimum atomic E-state index is -0.996. The summed E-state index contributed by atoms with van der Waals surface area (Å²) in [5.41, 5.74) is 1.44. The molecule has 1 rings (SSSR count). The number of nitrogen functional groups attached to an aromatic ring is 1. The number of nitrogens with two attached hydrogens (primary N) is 1. The second-order valence-corrected chi connectivity index (χ2v) is 2.61. The highest BCUT2D eigenvalue weighted by Gasteiger charge is 2.15. The summed E-state index contributed by atoms with van der Waals surface area (Å²) < 4.78 is 13.1. The predicted octanol–water partition coefficient (Wildman–Crippen LogP) is 0.788. The molecule has 1 amide bonds. The Morgan fingerprint density at radius 1 is 1.62 bits per heavy atom. The van der Waals surface area contributed by atoms with Crippen molar-refractivity contribution < 1.29 is 14.3 Å². The standard InChI is InChI=1S/C7H6ClFN2O2/c8-5-4(12)2-1-3(6(5)9)7(13)11-10/h1-2,12H,10H2,(H,11,13). The van der Waals surface area contributed by atoms with Crippen molar-refractivity contribution in [1.82, 2.24) is 5.43 Å². The minimum absolute atomic E-state index is 0.315. The first kappa shape index (κ1) is 9.76. The molecule has 0 aliphatic rings. The molecule has 0 fully saturated rings. The van der Waals surface area contributed by atoms with E-state index in [1.165, 1.54) is 0 Å². The number of carbonyl (C=O) groups excluding carboxylic acids is 1. The summed E-state index contributed by atoms with van der Waals surface area (Å²) in [6.07, 6.45) is 0. The fraction of sp³-hybridized carbons (Fsp3) is 0. The lowest BCUT2D eigenvalue weighted by Gasteiger charge is -2.03. The molecule has 4 nitrogen and oxygen atoms in total. The van der Waals surface area contributed by atoms with Gasteiger partial charge in [-0.2, -0.15) is 0 Å². The molecule has 1 aromatic rings. The number of phenolic OH excluding ortho intramolecular Hbond substituents is 1. The largest absolute Gasteiger partial charge is 0.506 e. The van der Waals surface area contributed by atoms with Crippen LogP contribution in [0.1, 0.15) is 10.4 Å². The molecule has 4 N–H and O–H groups in total. The Morgan fingerprint density at radius 3 is 2.77 bits per heavy atom. The number of phenols is 1. The number of halogens is 2. The van der Waals surface area contributed by atoms with E-state index in [9.17, 15) is 9.18 Å². The third-order valence-electron chi connectivity index (χ3n) is 1.44. The Balaban J connectivity index is 3.26. The molecule has 70 valence electrons. The van der Waals surface area contributed by atoms with Crippen LogP contribution in [0.4, 0.5) is 4.39 Å². The number of hydrazine groups is 1. The molecule has 0 aliphatic heterocycles. The molecule has 0 atom stereocenters. The van der Waals surface area contributed by atoms with Gasteiger partial charge in [0.1, 0.15) is 10.8 Å². The van der Waals surface area contributed by atoms with Gasteiger partial charge in [0, 0.05) is 0 Å². The van der Waals surface area contributed by atoms with E-state index in [4.69, 9.17) is 22.6 Å². The zero-order chi connectivity index (χ0) is 10.0. The first-order valence-corrected chi connectivity index (χ1v) is 3.63. The zero-order valence-corrected chi connectivity index (χ0v) is 7.10. The summed E-state index contributed by atoms with van der Waals surface area (Å²) in [6.45, 7) is 0. The van der Waals surface area contributed by atoms with E-state index in [2.05, 4.69) is 0 Å². The van der Waals surface area contributed by atoms with E-state index in [1.54, 1.807) is 5.43 Å². The average molecular weight is 205 g/mol. The number of hydrogen-bond donors (Lipinski definition) is 3. The van der Waals surface area contributed by atoms with Crippen LogP contribution in [0.5, 0.6) is 5.75 Å². The lowest BCUT2D eigenvalue weighted by Crippen LogP contribution is -2.30. The van der Waals surface area contributed by atoms with Crippen LogP contribution in [0.25, 0.3) is 0 Å². The fourth-order valence-corrected chi connectivity index (χ4v) is 0.957. The van der Waals surface area contributed by atoms with Gasteiger partial charge in [0.15, 0.2) is 5.82 Å². The van der Waals surface area contributed by atoms with Crippen molar-refractivity contribution in [3.63, 3.8) is 0 Å². The number of carbonyl (C=O) groups is 1. The van der Waals surface area contributed by atoms with Gasteiger partial charge in [0.05, 0.1) is 5.56 Å². The fourth-order valence-electron chi connectivity index (χ4n) is 0.792. The van der Waals surface area contributed by atoms with Gasteiger partial charge in [-0.05, 0) is 12.1 Å². The first-order chi connectivity index (χ1) is 6.07. The van der Waals surface area contributed by atoms with Crippen LogP contribution in [0, 0.1) is 5.82 Å². The van der Waals surface area contributed by atoms with E-state index < -0.39 is 22.5 Å². The molecule has 0 heterocycles. The van der Waals surface area contributed by atoms with Crippen molar-refractivity contribution in [2.75, 3.05) is 0 Å². The molecule has 1 aromatic carbocycles. The van der Waals surface area contributed by atoms with Crippen molar-refractivity contribution in [1.29, 1.82) is 0 Å². The van der Waals surface area contributed by atoms with Gasteiger partial charge in [0.2, 0.25) is 0 Å². The number of nitrogens with one attached hydrogen (secondary N) is 1. The number of hydrogen-bond acceptors (Lipinski definition) is 3.